The molecule has 1 atom stereocenters. The lowest BCUT2D eigenvalue weighted by Crippen LogP contribution is -2.11. The predicted molar refractivity (Wildman–Crippen MR) is 59.3 cm³/mol. The Labute approximate surface area is 90.6 Å². The number of hydrogen-bond acceptors (Lipinski definition) is 3. The maximum Gasteiger partial charge on any atom is 0.125 e. The fourth-order valence-corrected chi connectivity index (χ4v) is 1.22. The molecule has 0 aliphatic heterocycles. The summed E-state index contributed by atoms with van der Waals surface area (Å²) in [6.07, 6.45) is 1.10. The number of benzene rings is 1. The van der Waals surface area contributed by atoms with Crippen LogP contribution in [0, 0.1) is 0 Å². The highest BCUT2D eigenvalue weighted by Gasteiger charge is 2.07. The van der Waals surface area contributed by atoms with E-state index < -0.39 is 0 Å². The molecule has 3 heteroatoms. The maximum atomic E-state index is 9.19. The summed E-state index contributed by atoms with van der Waals surface area (Å²) >= 11 is 0. The number of rotatable bonds is 5. The average molecular weight is 210 g/mol. The first-order chi connectivity index (χ1) is 7.21. The minimum atomic E-state index is -0.0387. The zero-order valence-electron chi connectivity index (χ0n) is 9.49. The quantitative estimate of drug-likeness (QED) is 0.810. The Morgan fingerprint density at radius 2 is 2.13 bits per heavy atom. The third-order valence-corrected chi connectivity index (χ3v) is 2.34. The van der Waals surface area contributed by atoms with E-state index in [1.807, 2.05) is 19.1 Å². The number of aliphatic hydroxyl groups is 1. The highest BCUT2D eigenvalue weighted by Crippen LogP contribution is 2.25. The van der Waals surface area contributed by atoms with Crippen LogP contribution in [0.1, 0.15) is 25.8 Å². The smallest absolute Gasteiger partial charge is 0.125 e. The standard InChI is InChI=1S/C12H18O3/c1-4-9(2)15-12-6-5-11(14-3)7-10(12)8-13/h5-7,9,13H,4,8H2,1-3H3. The first kappa shape index (κ1) is 11.9. The summed E-state index contributed by atoms with van der Waals surface area (Å²) in [4.78, 5) is 0. The van der Waals surface area contributed by atoms with Gasteiger partial charge in [-0.05, 0) is 31.5 Å². The van der Waals surface area contributed by atoms with Gasteiger partial charge in [0.1, 0.15) is 11.5 Å². The Kier molecular flexibility index (Phi) is 4.43. The summed E-state index contributed by atoms with van der Waals surface area (Å²) < 4.78 is 10.7. The summed E-state index contributed by atoms with van der Waals surface area (Å²) in [5, 5.41) is 9.19. The molecule has 0 amide bonds. The van der Waals surface area contributed by atoms with Gasteiger partial charge in [0.05, 0.1) is 19.8 Å². The molecule has 0 saturated heterocycles. The first-order valence-electron chi connectivity index (χ1n) is 5.15. The van der Waals surface area contributed by atoms with Crippen molar-refractivity contribution in [3.05, 3.63) is 23.8 Å². The molecule has 84 valence electrons. The second-order valence-corrected chi connectivity index (χ2v) is 3.47. The fraction of sp³-hybridized carbons (Fsp3) is 0.500. The zero-order valence-corrected chi connectivity index (χ0v) is 9.49. The molecule has 0 aromatic heterocycles. The monoisotopic (exact) mass is 210 g/mol. The Morgan fingerprint density at radius 1 is 1.40 bits per heavy atom. The van der Waals surface area contributed by atoms with Crippen molar-refractivity contribution in [2.75, 3.05) is 7.11 Å². The van der Waals surface area contributed by atoms with Gasteiger partial charge in [-0.25, -0.2) is 0 Å². The van der Waals surface area contributed by atoms with Gasteiger partial charge >= 0.3 is 0 Å². The Hall–Kier alpha value is -1.22. The predicted octanol–water partition coefficient (Wildman–Crippen LogP) is 2.36. The van der Waals surface area contributed by atoms with Crippen molar-refractivity contribution in [1.29, 1.82) is 0 Å². The minimum Gasteiger partial charge on any atom is -0.497 e. The van der Waals surface area contributed by atoms with Gasteiger partial charge in [0.15, 0.2) is 0 Å². The van der Waals surface area contributed by atoms with Crippen LogP contribution in [0.15, 0.2) is 18.2 Å². The van der Waals surface area contributed by atoms with E-state index in [9.17, 15) is 5.11 Å². The summed E-state index contributed by atoms with van der Waals surface area (Å²) in [6, 6.07) is 5.45. The largest absolute Gasteiger partial charge is 0.497 e. The van der Waals surface area contributed by atoms with Crippen molar-refractivity contribution in [3.8, 4) is 11.5 Å². The maximum absolute atomic E-state index is 9.19. The molecular formula is C12H18O3. The van der Waals surface area contributed by atoms with Gasteiger partial charge in [0.25, 0.3) is 0 Å². The average Bonchev–Trinajstić information content (AvgIpc) is 2.29. The molecular weight excluding hydrogens is 192 g/mol. The molecule has 0 radical (unpaired) electrons. The second-order valence-electron chi connectivity index (χ2n) is 3.47. The van der Waals surface area contributed by atoms with Crippen molar-refractivity contribution < 1.29 is 14.6 Å². The molecule has 0 fully saturated rings. The van der Waals surface area contributed by atoms with Gasteiger partial charge < -0.3 is 14.6 Å². The SMILES string of the molecule is CCC(C)Oc1ccc(OC)cc1CO. The van der Waals surface area contributed by atoms with Gasteiger partial charge in [-0.2, -0.15) is 0 Å². The summed E-state index contributed by atoms with van der Waals surface area (Å²) in [5.41, 5.74) is 0.759. The van der Waals surface area contributed by atoms with Crippen LogP contribution in [0.3, 0.4) is 0 Å². The topological polar surface area (TPSA) is 38.7 Å². The summed E-state index contributed by atoms with van der Waals surface area (Å²) in [7, 11) is 1.60. The van der Waals surface area contributed by atoms with E-state index in [2.05, 4.69) is 6.92 Å². The van der Waals surface area contributed by atoms with Crippen molar-refractivity contribution in [2.24, 2.45) is 0 Å². The van der Waals surface area contributed by atoms with E-state index in [0.29, 0.717) is 0 Å². The van der Waals surface area contributed by atoms with Crippen LogP contribution in [-0.2, 0) is 6.61 Å². The Morgan fingerprint density at radius 3 is 2.67 bits per heavy atom. The molecule has 0 aliphatic carbocycles. The molecule has 1 rings (SSSR count). The second kappa shape index (κ2) is 5.61. The van der Waals surface area contributed by atoms with Crippen LogP contribution in [-0.4, -0.2) is 18.3 Å². The highest BCUT2D eigenvalue weighted by molar-refractivity contribution is 5.39. The van der Waals surface area contributed by atoms with Crippen LogP contribution in [0.4, 0.5) is 0 Å². The lowest BCUT2D eigenvalue weighted by Gasteiger charge is -2.15. The van der Waals surface area contributed by atoms with Gasteiger partial charge in [-0.1, -0.05) is 6.92 Å². The molecule has 1 aromatic carbocycles. The van der Waals surface area contributed by atoms with Crippen LogP contribution >= 0.6 is 0 Å². The number of hydrogen-bond donors (Lipinski definition) is 1. The number of ether oxygens (including phenoxy) is 2. The van der Waals surface area contributed by atoms with Crippen LogP contribution < -0.4 is 9.47 Å². The summed E-state index contributed by atoms with van der Waals surface area (Å²) in [5.74, 6) is 1.46. The van der Waals surface area contributed by atoms with E-state index in [1.165, 1.54) is 0 Å². The first-order valence-corrected chi connectivity index (χ1v) is 5.15. The normalized spacial score (nSPS) is 12.3. The van der Waals surface area contributed by atoms with E-state index >= 15 is 0 Å². The molecule has 0 spiro atoms. The van der Waals surface area contributed by atoms with E-state index in [4.69, 9.17) is 9.47 Å². The van der Waals surface area contributed by atoms with Gasteiger partial charge in [-0.15, -0.1) is 0 Å². The van der Waals surface area contributed by atoms with Crippen LogP contribution in [0.25, 0.3) is 0 Å². The molecule has 1 aromatic rings. The van der Waals surface area contributed by atoms with E-state index in [1.54, 1.807) is 13.2 Å². The van der Waals surface area contributed by atoms with Crippen LogP contribution in [0.2, 0.25) is 0 Å². The minimum absolute atomic E-state index is 0.0387. The van der Waals surface area contributed by atoms with Crippen LogP contribution in [0.5, 0.6) is 11.5 Å². The third kappa shape index (κ3) is 3.13. The lowest BCUT2D eigenvalue weighted by molar-refractivity contribution is 0.205. The van der Waals surface area contributed by atoms with E-state index in [0.717, 1.165) is 23.5 Å². The zero-order chi connectivity index (χ0) is 11.3. The number of methoxy groups -OCH3 is 1. The molecule has 3 nitrogen and oxygen atoms in total. The lowest BCUT2D eigenvalue weighted by atomic mass is 10.2. The molecule has 1 N–H and O–H groups in total. The molecule has 15 heavy (non-hydrogen) atoms. The van der Waals surface area contributed by atoms with Gasteiger partial charge in [-0.3, -0.25) is 0 Å². The molecule has 1 unspecified atom stereocenters. The molecule has 0 saturated carbocycles. The molecule has 0 bridgehead atoms. The van der Waals surface area contributed by atoms with Crippen molar-refractivity contribution in [1.82, 2.24) is 0 Å². The Balaban J connectivity index is 2.87. The summed E-state index contributed by atoms with van der Waals surface area (Å²) in [6.45, 7) is 4.03. The van der Waals surface area contributed by atoms with E-state index in [-0.39, 0.29) is 12.7 Å². The van der Waals surface area contributed by atoms with Gasteiger partial charge in [0.2, 0.25) is 0 Å². The highest BCUT2D eigenvalue weighted by atomic mass is 16.5. The van der Waals surface area contributed by atoms with Crippen molar-refractivity contribution in [3.63, 3.8) is 0 Å². The molecule has 0 heterocycles. The van der Waals surface area contributed by atoms with Gasteiger partial charge in [0, 0.05) is 5.56 Å². The van der Waals surface area contributed by atoms with Crippen molar-refractivity contribution >= 4 is 0 Å². The number of aliphatic hydroxyl groups excluding tert-OH is 1. The molecule has 0 aliphatic rings. The Bertz CT molecular complexity index is 310. The third-order valence-electron chi connectivity index (χ3n) is 2.34. The van der Waals surface area contributed by atoms with Crippen molar-refractivity contribution in [2.45, 2.75) is 33.0 Å². The fourth-order valence-electron chi connectivity index (χ4n) is 1.22.